The maximum Gasteiger partial charge on any atom is 0.305 e. The standard InChI is InChI=1S/C15H28N2O3/c1-4-7-15(8-10-16-11-9-15)14(19)17(2)12-5-6-13(18)20-3/h16H,4-12H2,1-3H3. The van der Waals surface area contributed by atoms with Crippen molar-refractivity contribution in [2.24, 2.45) is 5.41 Å². The summed E-state index contributed by atoms with van der Waals surface area (Å²) in [7, 11) is 3.24. The Labute approximate surface area is 122 Å². The van der Waals surface area contributed by atoms with Gasteiger partial charge in [-0.25, -0.2) is 0 Å². The van der Waals surface area contributed by atoms with Crippen LogP contribution in [0.1, 0.15) is 45.4 Å². The van der Waals surface area contributed by atoms with E-state index in [2.05, 4.69) is 17.0 Å². The van der Waals surface area contributed by atoms with E-state index in [0.717, 1.165) is 38.8 Å². The fourth-order valence-corrected chi connectivity index (χ4v) is 3.02. The average Bonchev–Trinajstić information content (AvgIpc) is 2.47. The van der Waals surface area contributed by atoms with E-state index in [4.69, 9.17) is 0 Å². The van der Waals surface area contributed by atoms with Crippen molar-refractivity contribution in [3.05, 3.63) is 0 Å². The van der Waals surface area contributed by atoms with Crippen LogP contribution in [0.2, 0.25) is 0 Å². The van der Waals surface area contributed by atoms with E-state index in [1.165, 1.54) is 7.11 Å². The van der Waals surface area contributed by atoms with Crippen LogP contribution in [0.5, 0.6) is 0 Å². The molecule has 5 nitrogen and oxygen atoms in total. The van der Waals surface area contributed by atoms with Gasteiger partial charge in [0.05, 0.1) is 12.5 Å². The van der Waals surface area contributed by atoms with Gasteiger partial charge in [0.1, 0.15) is 0 Å². The van der Waals surface area contributed by atoms with Crippen LogP contribution >= 0.6 is 0 Å². The molecule has 0 atom stereocenters. The summed E-state index contributed by atoms with van der Waals surface area (Å²) in [5.41, 5.74) is -0.194. The molecule has 0 saturated carbocycles. The first-order chi connectivity index (χ1) is 9.55. The zero-order chi connectivity index (χ0) is 15.0. The molecule has 0 aromatic heterocycles. The van der Waals surface area contributed by atoms with Gasteiger partial charge in [0, 0.05) is 20.0 Å². The van der Waals surface area contributed by atoms with Crippen LogP contribution in [0, 0.1) is 5.41 Å². The van der Waals surface area contributed by atoms with Crippen molar-refractivity contribution in [3.63, 3.8) is 0 Å². The van der Waals surface area contributed by atoms with Gasteiger partial charge < -0.3 is 15.0 Å². The van der Waals surface area contributed by atoms with Gasteiger partial charge >= 0.3 is 5.97 Å². The Kier molecular flexibility index (Phi) is 6.99. The Bertz CT molecular complexity index is 320. The molecular weight excluding hydrogens is 256 g/mol. The van der Waals surface area contributed by atoms with Gasteiger partial charge in [0.2, 0.25) is 5.91 Å². The molecular formula is C15H28N2O3. The van der Waals surface area contributed by atoms with Gasteiger partial charge in [-0.2, -0.15) is 0 Å². The van der Waals surface area contributed by atoms with Gasteiger partial charge in [-0.3, -0.25) is 9.59 Å². The number of esters is 1. The quantitative estimate of drug-likeness (QED) is 0.721. The maximum absolute atomic E-state index is 12.7. The van der Waals surface area contributed by atoms with Gasteiger partial charge in [0.25, 0.3) is 0 Å². The summed E-state index contributed by atoms with van der Waals surface area (Å²) in [6.07, 6.45) is 4.85. The van der Waals surface area contributed by atoms with Crippen molar-refractivity contribution in [2.45, 2.75) is 45.4 Å². The van der Waals surface area contributed by atoms with E-state index < -0.39 is 0 Å². The van der Waals surface area contributed by atoms with Gasteiger partial charge in [-0.05, 0) is 38.8 Å². The van der Waals surface area contributed by atoms with Crippen molar-refractivity contribution in [1.29, 1.82) is 0 Å². The first-order valence-corrected chi connectivity index (χ1v) is 7.59. The molecule has 0 unspecified atom stereocenters. The number of piperidine rings is 1. The Morgan fingerprint density at radius 3 is 2.50 bits per heavy atom. The van der Waals surface area contributed by atoms with Crippen LogP contribution in [0.25, 0.3) is 0 Å². The summed E-state index contributed by atoms with van der Waals surface area (Å²) < 4.78 is 4.62. The number of nitrogens with zero attached hydrogens (tertiary/aromatic N) is 1. The molecule has 1 N–H and O–H groups in total. The van der Waals surface area contributed by atoms with Gasteiger partial charge in [-0.15, -0.1) is 0 Å². The average molecular weight is 284 g/mol. The number of ether oxygens (including phenoxy) is 1. The van der Waals surface area contributed by atoms with E-state index in [1.807, 2.05) is 7.05 Å². The van der Waals surface area contributed by atoms with Crippen molar-refractivity contribution >= 4 is 11.9 Å². The Balaban J connectivity index is 2.53. The van der Waals surface area contributed by atoms with Crippen LogP contribution in [-0.4, -0.2) is 50.6 Å². The molecule has 0 aromatic rings. The van der Waals surface area contributed by atoms with E-state index in [-0.39, 0.29) is 17.3 Å². The molecule has 1 amide bonds. The predicted molar refractivity (Wildman–Crippen MR) is 78.3 cm³/mol. The van der Waals surface area contributed by atoms with Crippen molar-refractivity contribution in [1.82, 2.24) is 10.2 Å². The van der Waals surface area contributed by atoms with Crippen LogP contribution in [0.15, 0.2) is 0 Å². The van der Waals surface area contributed by atoms with E-state index in [9.17, 15) is 9.59 Å². The highest BCUT2D eigenvalue weighted by atomic mass is 16.5. The number of hydrogen-bond donors (Lipinski definition) is 1. The molecule has 20 heavy (non-hydrogen) atoms. The summed E-state index contributed by atoms with van der Waals surface area (Å²) in [5.74, 6) is 0.0294. The number of nitrogens with one attached hydrogen (secondary N) is 1. The molecule has 0 spiro atoms. The minimum absolute atomic E-state index is 0.194. The Hall–Kier alpha value is -1.10. The van der Waals surface area contributed by atoms with E-state index >= 15 is 0 Å². The second kappa shape index (κ2) is 8.25. The second-order valence-electron chi connectivity index (χ2n) is 5.69. The Morgan fingerprint density at radius 2 is 1.95 bits per heavy atom. The number of carbonyl (C=O) groups is 2. The lowest BCUT2D eigenvalue weighted by Gasteiger charge is -2.39. The Morgan fingerprint density at radius 1 is 1.30 bits per heavy atom. The van der Waals surface area contributed by atoms with E-state index in [0.29, 0.717) is 19.4 Å². The molecule has 1 heterocycles. The minimum atomic E-state index is -0.212. The highest BCUT2D eigenvalue weighted by Gasteiger charge is 2.40. The second-order valence-corrected chi connectivity index (χ2v) is 5.69. The highest BCUT2D eigenvalue weighted by molar-refractivity contribution is 5.82. The van der Waals surface area contributed by atoms with Crippen molar-refractivity contribution in [2.75, 3.05) is 33.8 Å². The zero-order valence-corrected chi connectivity index (χ0v) is 13.0. The fourth-order valence-electron chi connectivity index (χ4n) is 3.02. The fraction of sp³-hybridized carbons (Fsp3) is 0.867. The molecule has 0 bridgehead atoms. The highest BCUT2D eigenvalue weighted by Crippen LogP contribution is 2.35. The van der Waals surface area contributed by atoms with Crippen LogP contribution < -0.4 is 5.32 Å². The first-order valence-electron chi connectivity index (χ1n) is 7.59. The largest absolute Gasteiger partial charge is 0.469 e. The third kappa shape index (κ3) is 4.47. The smallest absolute Gasteiger partial charge is 0.305 e. The molecule has 1 fully saturated rings. The topological polar surface area (TPSA) is 58.6 Å². The van der Waals surface area contributed by atoms with Crippen molar-refractivity contribution < 1.29 is 14.3 Å². The zero-order valence-electron chi connectivity index (χ0n) is 13.0. The SMILES string of the molecule is CCCC1(C(=O)N(C)CCCC(=O)OC)CCNCC1. The van der Waals surface area contributed by atoms with Crippen molar-refractivity contribution in [3.8, 4) is 0 Å². The molecule has 1 aliphatic rings. The predicted octanol–water partition coefficient (Wildman–Crippen LogP) is 1.57. The molecule has 0 aromatic carbocycles. The summed E-state index contributed by atoms with van der Waals surface area (Å²) in [5, 5.41) is 3.33. The molecule has 116 valence electrons. The van der Waals surface area contributed by atoms with Crippen LogP contribution in [-0.2, 0) is 14.3 Å². The first kappa shape index (κ1) is 17.0. The number of methoxy groups -OCH3 is 1. The molecule has 0 radical (unpaired) electrons. The summed E-state index contributed by atoms with van der Waals surface area (Å²) in [4.78, 5) is 25.6. The monoisotopic (exact) mass is 284 g/mol. The lowest BCUT2D eigenvalue weighted by molar-refractivity contribution is -0.144. The number of amides is 1. The molecule has 5 heteroatoms. The molecule has 1 rings (SSSR count). The van der Waals surface area contributed by atoms with E-state index in [1.54, 1.807) is 4.90 Å². The summed E-state index contributed by atoms with van der Waals surface area (Å²) in [6, 6.07) is 0. The molecule has 0 aliphatic carbocycles. The number of rotatable bonds is 7. The van der Waals surface area contributed by atoms with Gasteiger partial charge in [-0.1, -0.05) is 13.3 Å². The third-order valence-corrected chi connectivity index (χ3v) is 4.19. The minimum Gasteiger partial charge on any atom is -0.469 e. The summed E-state index contributed by atoms with van der Waals surface area (Å²) >= 11 is 0. The van der Waals surface area contributed by atoms with Gasteiger partial charge in [0.15, 0.2) is 0 Å². The normalized spacial score (nSPS) is 17.6. The lowest BCUT2D eigenvalue weighted by atomic mass is 9.74. The molecule has 1 saturated heterocycles. The lowest BCUT2D eigenvalue weighted by Crippen LogP contribution is -2.48. The maximum atomic E-state index is 12.7. The van der Waals surface area contributed by atoms with Crippen LogP contribution in [0.3, 0.4) is 0 Å². The third-order valence-electron chi connectivity index (χ3n) is 4.19. The number of carbonyl (C=O) groups excluding carboxylic acids is 2. The van der Waals surface area contributed by atoms with Crippen LogP contribution in [0.4, 0.5) is 0 Å². The molecule has 1 aliphatic heterocycles. The summed E-state index contributed by atoms with van der Waals surface area (Å²) in [6.45, 7) is 4.59. The number of hydrogen-bond acceptors (Lipinski definition) is 4.